The maximum absolute atomic E-state index is 13.0. The molecule has 0 aliphatic rings. The molecule has 0 bridgehead atoms. The Labute approximate surface area is 530 Å². The molecule has 0 aromatic carbocycles. The van der Waals surface area contributed by atoms with E-state index in [-0.39, 0.29) is 25.7 Å². The number of carbonyl (C=O) groups excluding carboxylic acids is 4. The van der Waals surface area contributed by atoms with Gasteiger partial charge in [0.1, 0.15) is 19.3 Å². The van der Waals surface area contributed by atoms with Gasteiger partial charge in [-0.2, -0.15) is 0 Å². The number of aliphatic hydroxyl groups excluding tert-OH is 1. The molecule has 0 fully saturated rings. The molecule has 0 aromatic rings. The van der Waals surface area contributed by atoms with E-state index in [1.807, 2.05) is 0 Å². The Kier molecular flexibility index (Phi) is 56.6. The van der Waals surface area contributed by atoms with Crippen LogP contribution >= 0.6 is 15.6 Å². The van der Waals surface area contributed by atoms with Gasteiger partial charge in [0.25, 0.3) is 0 Å². The first kappa shape index (κ1) is 85.1. The molecule has 87 heavy (non-hydrogen) atoms. The van der Waals surface area contributed by atoms with Gasteiger partial charge in [0.2, 0.25) is 0 Å². The van der Waals surface area contributed by atoms with Crippen LogP contribution in [0.3, 0.4) is 0 Å². The van der Waals surface area contributed by atoms with Crippen LogP contribution < -0.4 is 0 Å². The minimum Gasteiger partial charge on any atom is -0.462 e. The summed E-state index contributed by atoms with van der Waals surface area (Å²) in [6, 6.07) is 0. The largest absolute Gasteiger partial charge is 0.472 e. The van der Waals surface area contributed by atoms with Crippen LogP contribution in [0.4, 0.5) is 0 Å². The fourth-order valence-electron chi connectivity index (χ4n) is 10.1. The summed E-state index contributed by atoms with van der Waals surface area (Å²) in [5, 5.41) is 10.6. The smallest absolute Gasteiger partial charge is 0.462 e. The zero-order valence-corrected chi connectivity index (χ0v) is 58.4. The van der Waals surface area contributed by atoms with Crippen LogP contribution in [0.25, 0.3) is 0 Å². The maximum Gasteiger partial charge on any atom is 0.472 e. The Balaban J connectivity index is 5.17. The predicted molar refractivity (Wildman–Crippen MR) is 349 cm³/mol. The van der Waals surface area contributed by atoms with Crippen molar-refractivity contribution in [2.45, 2.75) is 350 Å². The Morgan fingerprint density at radius 3 is 0.816 bits per heavy atom. The molecule has 0 aliphatic carbocycles. The first-order chi connectivity index (χ1) is 41.6. The van der Waals surface area contributed by atoms with Crippen molar-refractivity contribution in [1.82, 2.24) is 0 Å². The minimum atomic E-state index is -4.95. The van der Waals surface area contributed by atoms with Crippen LogP contribution in [0.2, 0.25) is 0 Å². The van der Waals surface area contributed by atoms with E-state index in [0.29, 0.717) is 37.5 Å². The molecule has 0 radical (unpaired) electrons. The number of unbranched alkanes of at least 4 members (excludes halogenated alkanes) is 30. The van der Waals surface area contributed by atoms with E-state index in [0.717, 1.165) is 108 Å². The number of phosphoric ester groups is 2. The van der Waals surface area contributed by atoms with E-state index in [1.54, 1.807) is 0 Å². The first-order valence-electron chi connectivity index (χ1n) is 35.2. The lowest BCUT2D eigenvalue weighted by Crippen LogP contribution is -2.30. The minimum absolute atomic E-state index is 0.102. The SMILES string of the molecule is CCC(C)CCCCCCCCC(=O)O[C@H](COC(=O)CCCCCCCCCCCCCCCCCC(C)C)COP(=O)(O)OC[C@@H](O)COP(=O)(O)OC[C@@H](COC(=O)CCCCCCCCC(C)C)OC(=O)CCCCCCCCCC(C)C. The van der Waals surface area contributed by atoms with Crippen LogP contribution in [0.1, 0.15) is 331 Å². The van der Waals surface area contributed by atoms with Crippen molar-refractivity contribution in [3.8, 4) is 0 Å². The number of hydrogen-bond donors (Lipinski definition) is 3. The summed E-state index contributed by atoms with van der Waals surface area (Å²) in [5.41, 5.74) is 0. The van der Waals surface area contributed by atoms with Crippen molar-refractivity contribution in [1.29, 1.82) is 0 Å². The van der Waals surface area contributed by atoms with E-state index < -0.39 is 97.5 Å². The second-order valence-electron chi connectivity index (χ2n) is 26.2. The first-order valence-corrected chi connectivity index (χ1v) is 38.2. The van der Waals surface area contributed by atoms with Crippen molar-refractivity contribution in [3.05, 3.63) is 0 Å². The van der Waals surface area contributed by atoms with Crippen molar-refractivity contribution >= 4 is 39.5 Å². The highest BCUT2D eigenvalue weighted by Crippen LogP contribution is 2.45. The summed E-state index contributed by atoms with van der Waals surface area (Å²) in [5.74, 6) is 0.762. The molecule has 0 amide bonds. The highest BCUT2D eigenvalue weighted by atomic mass is 31.2. The van der Waals surface area contributed by atoms with Crippen LogP contribution in [-0.2, 0) is 65.4 Å². The fourth-order valence-corrected chi connectivity index (χ4v) is 11.7. The third-order valence-electron chi connectivity index (χ3n) is 15.9. The van der Waals surface area contributed by atoms with E-state index >= 15 is 0 Å². The van der Waals surface area contributed by atoms with Gasteiger partial charge < -0.3 is 33.8 Å². The molecule has 3 unspecified atom stereocenters. The molecule has 17 nitrogen and oxygen atoms in total. The quantitative estimate of drug-likeness (QED) is 0.0222. The average molecular weight is 1280 g/mol. The van der Waals surface area contributed by atoms with Gasteiger partial charge in [0, 0.05) is 25.7 Å². The molecule has 6 atom stereocenters. The molecule has 0 rings (SSSR count). The lowest BCUT2D eigenvalue weighted by Gasteiger charge is -2.21. The molecule has 0 saturated carbocycles. The van der Waals surface area contributed by atoms with Crippen LogP contribution in [-0.4, -0.2) is 96.7 Å². The van der Waals surface area contributed by atoms with Crippen molar-refractivity contribution in [2.75, 3.05) is 39.6 Å². The molecule has 0 heterocycles. The third kappa shape index (κ3) is 61.3. The zero-order valence-electron chi connectivity index (χ0n) is 56.6. The lowest BCUT2D eigenvalue weighted by molar-refractivity contribution is -0.161. The molecule has 516 valence electrons. The van der Waals surface area contributed by atoms with Crippen molar-refractivity contribution in [3.63, 3.8) is 0 Å². The average Bonchev–Trinajstić information content (AvgIpc) is 3.47. The number of rotatable bonds is 65. The number of aliphatic hydroxyl groups is 1. The molecular weight excluding hydrogens is 1150 g/mol. The van der Waals surface area contributed by atoms with Gasteiger partial charge in [-0.25, -0.2) is 9.13 Å². The summed E-state index contributed by atoms with van der Waals surface area (Å²) >= 11 is 0. The predicted octanol–water partition coefficient (Wildman–Crippen LogP) is 18.9. The second-order valence-corrected chi connectivity index (χ2v) is 29.1. The summed E-state index contributed by atoms with van der Waals surface area (Å²) < 4.78 is 68.1. The highest BCUT2D eigenvalue weighted by molar-refractivity contribution is 7.47. The molecule has 3 N–H and O–H groups in total. The lowest BCUT2D eigenvalue weighted by atomic mass is 10.00. The van der Waals surface area contributed by atoms with Gasteiger partial charge in [0.05, 0.1) is 26.4 Å². The summed E-state index contributed by atoms with van der Waals surface area (Å²) in [4.78, 5) is 72.3. The summed E-state index contributed by atoms with van der Waals surface area (Å²) in [6.45, 7) is 14.0. The molecular formula is C68H132O17P2. The van der Waals surface area contributed by atoms with Gasteiger partial charge in [-0.15, -0.1) is 0 Å². The van der Waals surface area contributed by atoms with Gasteiger partial charge >= 0.3 is 39.5 Å². The van der Waals surface area contributed by atoms with E-state index in [9.17, 15) is 43.2 Å². The number of esters is 4. The Bertz CT molecular complexity index is 1730. The number of carbonyl (C=O) groups is 4. The van der Waals surface area contributed by atoms with E-state index in [2.05, 4.69) is 55.4 Å². The summed E-state index contributed by atoms with van der Waals surface area (Å²) in [6.07, 6.45) is 39.3. The van der Waals surface area contributed by atoms with Crippen LogP contribution in [0.5, 0.6) is 0 Å². The number of phosphoric acid groups is 2. The normalized spacial score (nSPS) is 14.6. The molecule has 0 aliphatic heterocycles. The van der Waals surface area contributed by atoms with Crippen molar-refractivity contribution in [2.24, 2.45) is 23.7 Å². The number of ether oxygens (including phenoxy) is 4. The highest BCUT2D eigenvalue weighted by Gasteiger charge is 2.30. The fraction of sp³-hybridized carbons (Fsp3) is 0.941. The van der Waals surface area contributed by atoms with Gasteiger partial charge in [-0.3, -0.25) is 37.3 Å². The maximum atomic E-state index is 13.0. The standard InChI is InChI=1S/C68H132O17P2/c1-9-61(8)47-39-31-25-27-35-43-51-68(73)85-64(54-78-65(70)48-40-32-22-18-16-14-12-10-11-13-15-17-20-28-36-44-58(2)3)57-83-87(76,77)81-53-62(69)52-80-86(74,75)82-56-63(55-79-66(71)49-41-33-26-24-30-38-46-60(6)7)84-67(72)50-42-34-23-19-21-29-37-45-59(4)5/h58-64,69H,9-57H2,1-8H3,(H,74,75)(H,76,77)/t61?,62-,63+,64+/m0/s1. The number of hydrogen-bond acceptors (Lipinski definition) is 15. The van der Waals surface area contributed by atoms with Crippen molar-refractivity contribution < 1.29 is 80.2 Å². The monoisotopic (exact) mass is 1280 g/mol. The molecule has 0 spiro atoms. The topological polar surface area (TPSA) is 237 Å². The second kappa shape index (κ2) is 57.9. The van der Waals surface area contributed by atoms with Gasteiger partial charge in [0.15, 0.2) is 12.2 Å². The molecule has 0 aromatic heterocycles. The molecule has 0 saturated heterocycles. The van der Waals surface area contributed by atoms with E-state index in [4.69, 9.17) is 37.0 Å². The zero-order chi connectivity index (χ0) is 64.7. The Hall–Kier alpha value is -1.94. The Morgan fingerprint density at radius 1 is 0.322 bits per heavy atom. The molecule has 19 heteroatoms. The van der Waals surface area contributed by atoms with Crippen LogP contribution in [0, 0.1) is 23.7 Å². The summed E-state index contributed by atoms with van der Waals surface area (Å²) in [7, 11) is -9.89. The third-order valence-corrected chi connectivity index (χ3v) is 17.8. The Morgan fingerprint density at radius 2 is 0.552 bits per heavy atom. The van der Waals surface area contributed by atoms with E-state index in [1.165, 1.54) is 128 Å². The van der Waals surface area contributed by atoms with Crippen LogP contribution in [0.15, 0.2) is 0 Å². The van der Waals surface area contributed by atoms with Gasteiger partial charge in [-0.05, 0) is 49.4 Å². The van der Waals surface area contributed by atoms with Gasteiger partial charge in [-0.1, -0.05) is 280 Å².